The van der Waals surface area contributed by atoms with E-state index in [0.29, 0.717) is 16.5 Å². The first kappa shape index (κ1) is 18.6. The standard InChI is InChI=1S/C14H18BrNO5S/c1-3-8(2)21-14(20)11(4-5-12(17)18)16-13(19)9-6-22-7-10(9)15/h6-8,11H,3-5H2,1-2H3,(H,16,19)(H,17,18). The molecule has 122 valence electrons. The van der Waals surface area contributed by atoms with Crippen molar-refractivity contribution in [2.45, 2.75) is 45.3 Å². The molecule has 1 aromatic rings. The molecule has 2 N–H and O–H groups in total. The van der Waals surface area contributed by atoms with Crippen molar-refractivity contribution in [1.29, 1.82) is 0 Å². The van der Waals surface area contributed by atoms with Gasteiger partial charge in [-0.25, -0.2) is 4.79 Å². The Morgan fingerprint density at radius 3 is 2.59 bits per heavy atom. The van der Waals surface area contributed by atoms with Crippen molar-refractivity contribution >= 4 is 45.1 Å². The molecule has 0 aromatic carbocycles. The van der Waals surface area contributed by atoms with Crippen LogP contribution in [0.5, 0.6) is 0 Å². The number of amides is 1. The van der Waals surface area contributed by atoms with Gasteiger partial charge in [-0.2, -0.15) is 11.3 Å². The molecule has 1 heterocycles. The molecule has 0 aliphatic rings. The van der Waals surface area contributed by atoms with Crippen molar-refractivity contribution in [2.75, 3.05) is 0 Å². The lowest BCUT2D eigenvalue weighted by molar-refractivity contribution is -0.151. The highest BCUT2D eigenvalue weighted by Gasteiger charge is 2.25. The first-order valence-corrected chi connectivity index (χ1v) is 8.53. The van der Waals surface area contributed by atoms with Gasteiger partial charge < -0.3 is 15.2 Å². The van der Waals surface area contributed by atoms with Gasteiger partial charge in [-0.1, -0.05) is 6.92 Å². The van der Waals surface area contributed by atoms with Crippen molar-refractivity contribution < 1.29 is 24.2 Å². The second-order valence-electron chi connectivity index (χ2n) is 4.75. The molecule has 0 spiro atoms. The number of carboxylic acids is 1. The summed E-state index contributed by atoms with van der Waals surface area (Å²) >= 11 is 4.59. The monoisotopic (exact) mass is 391 g/mol. The Balaban J connectivity index is 2.76. The Bertz CT molecular complexity index is 545. The predicted molar refractivity (Wildman–Crippen MR) is 86.0 cm³/mol. The van der Waals surface area contributed by atoms with E-state index in [1.54, 1.807) is 17.7 Å². The van der Waals surface area contributed by atoms with Crippen molar-refractivity contribution in [3.05, 3.63) is 20.8 Å². The molecule has 1 rings (SSSR count). The van der Waals surface area contributed by atoms with Gasteiger partial charge in [-0.15, -0.1) is 0 Å². The van der Waals surface area contributed by atoms with Crippen LogP contribution in [0.1, 0.15) is 43.5 Å². The molecule has 22 heavy (non-hydrogen) atoms. The average Bonchev–Trinajstić information content (AvgIpc) is 2.88. The topological polar surface area (TPSA) is 92.7 Å². The van der Waals surface area contributed by atoms with Crippen molar-refractivity contribution in [3.8, 4) is 0 Å². The summed E-state index contributed by atoms with van der Waals surface area (Å²) in [6.07, 6.45) is 0.106. The molecular formula is C14H18BrNO5S. The first-order valence-electron chi connectivity index (χ1n) is 6.80. The number of carbonyl (C=O) groups is 3. The van der Waals surface area contributed by atoms with E-state index in [2.05, 4.69) is 21.2 Å². The quantitative estimate of drug-likeness (QED) is 0.664. The fraction of sp³-hybridized carbons (Fsp3) is 0.500. The van der Waals surface area contributed by atoms with E-state index >= 15 is 0 Å². The number of hydrogen-bond acceptors (Lipinski definition) is 5. The number of hydrogen-bond donors (Lipinski definition) is 2. The summed E-state index contributed by atoms with van der Waals surface area (Å²) in [6.45, 7) is 3.61. The number of rotatable bonds is 8. The van der Waals surface area contributed by atoms with Crippen LogP contribution in [0.3, 0.4) is 0 Å². The van der Waals surface area contributed by atoms with Crippen LogP contribution in [-0.4, -0.2) is 35.1 Å². The van der Waals surface area contributed by atoms with Crippen LogP contribution < -0.4 is 5.32 Å². The number of carboxylic acid groups (broad SMARTS) is 1. The zero-order chi connectivity index (χ0) is 16.7. The molecular weight excluding hydrogens is 374 g/mol. The summed E-state index contributed by atoms with van der Waals surface area (Å²) in [5, 5.41) is 14.7. The van der Waals surface area contributed by atoms with Gasteiger partial charge >= 0.3 is 11.9 Å². The molecule has 1 amide bonds. The van der Waals surface area contributed by atoms with E-state index in [9.17, 15) is 14.4 Å². The maximum absolute atomic E-state index is 12.2. The fourth-order valence-corrected chi connectivity index (χ4v) is 3.01. The molecule has 0 aliphatic heterocycles. The Morgan fingerprint density at radius 2 is 2.09 bits per heavy atom. The van der Waals surface area contributed by atoms with E-state index < -0.39 is 23.9 Å². The van der Waals surface area contributed by atoms with Gasteiger partial charge in [0, 0.05) is 21.7 Å². The molecule has 0 fully saturated rings. The maximum atomic E-state index is 12.2. The summed E-state index contributed by atoms with van der Waals surface area (Å²) in [6, 6.07) is -0.982. The number of carbonyl (C=O) groups excluding carboxylic acids is 2. The normalized spacial score (nSPS) is 13.2. The van der Waals surface area contributed by atoms with E-state index in [4.69, 9.17) is 9.84 Å². The molecule has 0 aliphatic carbocycles. The van der Waals surface area contributed by atoms with E-state index in [-0.39, 0.29) is 18.9 Å². The minimum Gasteiger partial charge on any atom is -0.481 e. The van der Waals surface area contributed by atoms with Crippen molar-refractivity contribution in [2.24, 2.45) is 0 Å². The van der Waals surface area contributed by atoms with Crippen LogP contribution in [-0.2, 0) is 14.3 Å². The number of nitrogens with one attached hydrogen (secondary N) is 1. The van der Waals surface area contributed by atoms with E-state index in [1.807, 2.05) is 6.92 Å². The first-order chi connectivity index (χ1) is 10.3. The summed E-state index contributed by atoms with van der Waals surface area (Å²) < 4.78 is 5.81. The lowest BCUT2D eigenvalue weighted by Crippen LogP contribution is -2.43. The lowest BCUT2D eigenvalue weighted by atomic mass is 10.1. The minimum atomic E-state index is -1.03. The zero-order valence-electron chi connectivity index (χ0n) is 12.3. The second-order valence-corrected chi connectivity index (χ2v) is 6.35. The van der Waals surface area contributed by atoms with Gasteiger partial charge in [0.05, 0.1) is 11.7 Å². The number of ether oxygens (including phenoxy) is 1. The maximum Gasteiger partial charge on any atom is 0.328 e. The average molecular weight is 392 g/mol. The smallest absolute Gasteiger partial charge is 0.328 e. The van der Waals surface area contributed by atoms with Crippen molar-refractivity contribution in [1.82, 2.24) is 5.32 Å². The highest BCUT2D eigenvalue weighted by Crippen LogP contribution is 2.21. The molecule has 8 heteroatoms. The molecule has 2 atom stereocenters. The van der Waals surface area contributed by atoms with Crippen LogP contribution in [0.4, 0.5) is 0 Å². The molecule has 0 saturated heterocycles. The molecule has 0 saturated carbocycles. The molecule has 6 nitrogen and oxygen atoms in total. The van der Waals surface area contributed by atoms with Crippen LogP contribution in [0.15, 0.2) is 15.2 Å². The molecule has 1 aromatic heterocycles. The van der Waals surface area contributed by atoms with Crippen LogP contribution in [0.2, 0.25) is 0 Å². The van der Waals surface area contributed by atoms with Gasteiger partial charge in [-0.05, 0) is 35.7 Å². The summed E-state index contributed by atoms with van der Waals surface area (Å²) in [7, 11) is 0. The summed E-state index contributed by atoms with van der Waals surface area (Å²) in [5.41, 5.74) is 0.404. The van der Waals surface area contributed by atoms with Gasteiger partial charge in [-0.3, -0.25) is 9.59 Å². The largest absolute Gasteiger partial charge is 0.481 e. The van der Waals surface area contributed by atoms with Crippen molar-refractivity contribution in [3.63, 3.8) is 0 Å². The number of halogens is 1. The van der Waals surface area contributed by atoms with Crippen LogP contribution >= 0.6 is 27.3 Å². The fourth-order valence-electron chi connectivity index (χ4n) is 1.56. The van der Waals surface area contributed by atoms with Crippen LogP contribution in [0.25, 0.3) is 0 Å². The van der Waals surface area contributed by atoms with Crippen LogP contribution in [0, 0.1) is 0 Å². The SMILES string of the molecule is CCC(C)OC(=O)C(CCC(=O)O)NC(=O)c1cscc1Br. The van der Waals surface area contributed by atoms with Gasteiger partial charge in [0.2, 0.25) is 0 Å². The van der Waals surface area contributed by atoms with Gasteiger partial charge in [0.1, 0.15) is 6.04 Å². The summed E-state index contributed by atoms with van der Waals surface area (Å²) in [5.74, 6) is -2.09. The molecule has 0 radical (unpaired) electrons. The molecule has 0 bridgehead atoms. The third kappa shape index (κ3) is 5.76. The minimum absolute atomic E-state index is 0.0158. The predicted octanol–water partition coefficient (Wildman–Crippen LogP) is 2.82. The Morgan fingerprint density at radius 1 is 1.41 bits per heavy atom. The third-order valence-corrected chi connectivity index (χ3v) is 4.69. The number of thiophene rings is 1. The Labute approximate surface area is 141 Å². The Hall–Kier alpha value is -1.41. The third-order valence-electron chi connectivity index (χ3n) is 2.99. The number of esters is 1. The highest BCUT2D eigenvalue weighted by atomic mass is 79.9. The molecule has 2 unspecified atom stereocenters. The lowest BCUT2D eigenvalue weighted by Gasteiger charge is -2.19. The second kappa shape index (κ2) is 8.89. The van der Waals surface area contributed by atoms with E-state index in [0.717, 1.165) is 0 Å². The number of aliphatic carboxylic acids is 1. The van der Waals surface area contributed by atoms with E-state index in [1.165, 1.54) is 11.3 Å². The highest BCUT2D eigenvalue weighted by molar-refractivity contribution is 9.10. The van der Waals surface area contributed by atoms with Gasteiger partial charge in [0.25, 0.3) is 5.91 Å². The zero-order valence-corrected chi connectivity index (χ0v) is 14.7. The summed E-state index contributed by atoms with van der Waals surface area (Å²) in [4.78, 5) is 34.9. The Kier molecular flexibility index (Phi) is 7.53. The van der Waals surface area contributed by atoms with Gasteiger partial charge in [0.15, 0.2) is 0 Å².